The number of hydrogen-bond donors (Lipinski definition) is 0. The lowest BCUT2D eigenvalue weighted by Gasteiger charge is -2.02. The van der Waals surface area contributed by atoms with Crippen LogP contribution in [-0.4, -0.2) is 21.7 Å². The van der Waals surface area contributed by atoms with Crippen molar-refractivity contribution in [2.45, 2.75) is 4.90 Å². The molecule has 7 heteroatoms. The van der Waals surface area contributed by atoms with Gasteiger partial charge >= 0.3 is 10.1 Å². The number of methoxy groups -OCH3 is 1. The number of ether oxygens (including phenoxy) is 1. The number of rotatable bonds is 5. The Kier molecular flexibility index (Phi) is 4.82. The summed E-state index contributed by atoms with van der Waals surface area (Å²) in [5.74, 6) is 0.671. The van der Waals surface area contributed by atoms with Gasteiger partial charge in [0.2, 0.25) is 0 Å². The van der Waals surface area contributed by atoms with Gasteiger partial charge in [-0.15, -0.1) is 0 Å². The lowest BCUT2D eigenvalue weighted by atomic mass is 10.2. The topological polar surface area (TPSA) is 65.0 Å². The van der Waals surface area contributed by atoms with Crippen LogP contribution in [0.25, 0.3) is 0 Å². The molecule has 0 aromatic heterocycles. The molecule has 0 heterocycles. The first-order valence-electron chi connectivity index (χ1n) is 5.81. The summed E-state index contributed by atoms with van der Waals surface area (Å²) >= 11 is 5.80. The van der Waals surface area contributed by atoms with Gasteiger partial charge in [0.25, 0.3) is 0 Å². The zero-order valence-electron chi connectivity index (χ0n) is 11.0. The Bertz CT molecular complexity index is 742. The van der Waals surface area contributed by atoms with Crippen LogP contribution in [0.15, 0.2) is 58.6 Å². The predicted molar refractivity (Wildman–Crippen MR) is 79.3 cm³/mol. The van der Waals surface area contributed by atoms with E-state index < -0.39 is 10.1 Å². The first-order chi connectivity index (χ1) is 10.0. The standard InChI is InChI=1S/C14H11ClNO4S/c1-19-12-8-6-11(7-9-12)10-16-20-21(17,18)14-5-3-2-4-13(14)15/h2-9H,1H3. The molecule has 0 atom stereocenters. The smallest absolute Gasteiger partial charge is 0.359 e. The molecule has 0 fully saturated rings. The molecule has 0 aliphatic rings. The van der Waals surface area contributed by atoms with Crippen molar-refractivity contribution in [2.75, 3.05) is 7.11 Å². The van der Waals surface area contributed by atoms with Crippen molar-refractivity contribution in [2.24, 2.45) is 5.16 Å². The van der Waals surface area contributed by atoms with Gasteiger partial charge in [0.05, 0.1) is 12.1 Å². The van der Waals surface area contributed by atoms with Gasteiger partial charge in [-0.1, -0.05) is 28.9 Å². The van der Waals surface area contributed by atoms with Gasteiger partial charge in [0.1, 0.15) is 16.9 Å². The van der Waals surface area contributed by atoms with E-state index in [1.807, 2.05) is 0 Å². The monoisotopic (exact) mass is 324 g/mol. The molecule has 0 unspecified atom stereocenters. The van der Waals surface area contributed by atoms with Crippen molar-refractivity contribution in [3.8, 4) is 5.75 Å². The van der Waals surface area contributed by atoms with E-state index in [1.54, 1.807) is 43.5 Å². The van der Waals surface area contributed by atoms with Crippen LogP contribution in [0.3, 0.4) is 0 Å². The maximum atomic E-state index is 11.9. The fraction of sp³-hybridized carbons (Fsp3) is 0.0714. The summed E-state index contributed by atoms with van der Waals surface area (Å²) in [5, 5.41) is 3.42. The average Bonchev–Trinajstić information content (AvgIpc) is 2.48. The highest BCUT2D eigenvalue weighted by molar-refractivity contribution is 7.86. The van der Waals surface area contributed by atoms with Gasteiger partial charge in [0, 0.05) is 5.56 Å². The van der Waals surface area contributed by atoms with Crippen molar-refractivity contribution in [1.82, 2.24) is 0 Å². The van der Waals surface area contributed by atoms with Gasteiger partial charge in [-0.3, -0.25) is 4.28 Å². The lowest BCUT2D eigenvalue weighted by molar-refractivity contribution is 0.341. The molecule has 2 aromatic carbocycles. The molecule has 109 valence electrons. The fourth-order valence-corrected chi connectivity index (χ4v) is 2.66. The van der Waals surface area contributed by atoms with Gasteiger partial charge in [-0.2, -0.15) is 8.42 Å². The van der Waals surface area contributed by atoms with Crippen LogP contribution in [0.4, 0.5) is 0 Å². The highest BCUT2D eigenvalue weighted by atomic mass is 35.5. The van der Waals surface area contributed by atoms with Crippen LogP contribution in [-0.2, 0) is 14.4 Å². The van der Waals surface area contributed by atoms with Crippen LogP contribution in [0.5, 0.6) is 5.75 Å². The molecule has 0 aliphatic carbocycles. The second kappa shape index (κ2) is 6.60. The molecular formula is C14H11ClNO4S. The summed E-state index contributed by atoms with van der Waals surface area (Å²) in [7, 11) is -2.51. The van der Waals surface area contributed by atoms with Crippen LogP contribution < -0.4 is 4.74 Å². The minimum absolute atomic E-state index is 0.0668. The third-order valence-electron chi connectivity index (χ3n) is 2.51. The summed E-state index contributed by atoms with van der Waals surface area (Å²) in [5.41, 5.74) is 0.546. The molecule has 0 bridgehead atoms. The van der Waals surface area contributed by atoms with Crippen LogP contribution in [0, 0.1) is 0 Å². The summed E-state index contributed by atoms with van der Waals surface area (Å²) in [6.45, 7) is 0. The van der Waals surface area contributed by atoms with E-state index in [0.29, 0.717) is 11.3 Å². The zero-order chi connectivity index (χ0) is 15.3. The second-order valence-electron chi connectivity index (χ2n) is 3.89. The molecule has 0 spiro atoms. The first-order valence-corrected chi connectivity index (χ1v) is 7.60. The van der Waals surface area contributed by atoms with Crippen molar-refractivity contribution in [3.05, 3.63) is 59.1 Å². The van der Waals surface area contributed by atoms with Gasteiger partial charge in [0.15, 0.2) is 0 Å². The SMILES string of the molecule is COc1ccc(/[C]=N/OS(=O)(=O)c2ccccc2Cl)cc1. The fourth-order valence-electron chi connectivity index (χ4n) is 1.47. The summed E-state index contributed by atoms with van der Waals surface area (Å²) in [6, 6.07) is 12.7. The third-order valence-corrected chi connectivity index (χ3v) is 4.11. The van der Waals surface area contributed by atoms with Crippen molar-refractivity contribution in [1.29, 1.82) is 0 Å². The Morgan fingerprint density at radius 3 is 2.38 bits per heavy atom. The van der Waals surface area contributed by atoms with Gasteiger partial charge in [-0.05, 0) is 36.4 Å². The summed E-state index contributed by atoms with van der Waals surface area (Å²) in [4.78, 5) is -0.146. The highest BCUT2D eigenvalue weighted by Crippen LogP contribution is 2.22. The van der Waals surface area contributed by atoms with E-state index in [4.69, 9.17) is 16.3 Å². The van der Waals surface area contributed by atoms with Crippen molar-refractivity contribution in [3.63, 3.8) is 0 Å². The molecule has 0 saturated carbocycles. The van der Waals surface area contributed by atoms with E-state index >= 15 is 0 Å². The minimum atomic E-state index is -4.06. The Hall–Kier alpha value is -2.05. The zero-order valence-corrected chi connectivity index (χ0v) is 12.6. The van der Waals surface area contributed by atoms with Crippen LogP contribution >= 0.6 is 11.6 Å². The van der Waals surface area contributed by atoms with Crippen molar-refractivity contribution >= 4 is 27.9 Å². The van der Waals surface area contributed by atoms with E-state index in [-0.39, 0.29) is 9.92 Å². The summed E-state index contributed by atoms with van der Waals surface area (Å²) < 4.78 is 33.3. The van der Waals surface area contributed by atoms with Crippen LogP contribution in [0.2, 0.25) is 5.02 Å². The second-order valence-corrected chi connectivity index (χ2v) is 5.80. The number of nitrogens with zero attached hydrogens (tertiary/aromatic N) is 1. The van der Waals surface area contributed by atoms with E-state index in [0.717, 1.165) is 0 Å². The first kappa shape index (κ1) is 15.3. The maximum absolute atomic E-state index is 11.9. The number of benzene rings is 2. The maximum Gasteiger partial charge on any atom is 0.359 e. The Balaban J connectivity index is 2.11. The molecule has 5 nitrogen and oxygen atoms in total. The van der Waals surface area contributed by atoms with Crippen molar-refractivity contribution < 1.29 is 17.4 Å². The highest BCUT2D eigenvalue weighted by Gasteiger charge is 2.18. The largest absolute Gasteiger partial charge is 0.497 e. The number of hydrogen-bond acceptors (Lipinski definition) is 5. The molecule has 0 aliphatic heterocycles. The number of halogens is 1. The molecular weight excluding hydrogens is 314 g/mol. The Morgan fingerprint density at radius 2 is 1.76 bits per heavy atom. The Labute approximate surface area is 127 Å². The normalized spacial score (nSPS) is 11.5. The summed E-state index contributed by atoms with van der Waals surface area (Å²) in [6.07, 6.45) is 2.47. The van der Waals surface area contributed by atoms with Crippen LogP contribution in [0.1, 0.15) is 5.56 Å². The molecule has 0 N–H and O–H groups in total. The minimum Gasteiger partial charge on any atom is -0.497 e. The molecule has 21 heavy (non-hydrogen) atoms. The molecule has 1 radical (unpaired) electrons. The quantitative estimate of drug-likeness (QED) is 0.626. The third kappa shape index (κ3) is 3.96. The van der Waals surface area contributed by atoms with Gasteiger partial charge in [-0.25, -0.2) is 0 Å². The molecule has 2 aromatic rings. The van der Waals surface area contributed by atoms with Gasteiger partial charge < -0.3 is 4.74 Å². The molecule has 2 rings (SSSR count). The predicted octanol–water partition coefficient (Wildman–Crippen LogP) is 2.97. The average molecular weight is 325 g/mol. The lowest BCUT2D eigenvalue weighted by Crippen LogP contribution is -2.03. The molecule has 0 amide bonds. The van der Waals surface area contributed by atoms with E-state index in [2.05, 4.69) is 15.7 Å². The molecule has 0 saturated heterocycles. The van der Waals surface area contributed by atoms with E-state index in [9.17, 15) is 8.42 Å². The van der Waals surface area contributed by atoms with E-state index in [1.165, 1.54) is 12.1 Å². The Morgan fingerprint density at radius 1 is 1.10 bits per heavy atom.